The van der Waals surface area contributed by atoms with Crippen LogP contribution in [0.4, 0.5) is 0 Å². The number of rotatable bonds is 24. The molecule has 58 heavy (non-hydrogen) atoms. The van der Waals surface area contributed by atoms with Crippen LogP contribution in [0.5, 0.6) is 0 Å². The molecule has 0 radical (unpaired) electrons. The number of hydrogen-bond donors (Lipinski definition) is 0. The molecular weight excluding hydrogens is 793 g/mol. The van der Waals surface area contributed by atoms with Gasteiger partial charge in [-0.2, -0.15) is 0 Å². The summed E-state index contributed by atoms with van der Waals surface area (Å²) >= 11 is 1.82. The van der Waals surface area contributed by atoms with Crippen LogP contribution in [-0.2, 0) is 25.7 Å². The summed E-state index contributed by atoms with van der Waals surface area (Å²) in [6, 6.07) is 24.1. The fourth-order valence-electron chi connectivity index (χ4n) is 11.6. The number of carbonyl (C=O) groups excluding carboxylic acids is 2. The molecule has 0 spiro atoms. The summed E-state index contributed by atoms with van der Waals surface area (Å²) in [4.78, 5) is 32.4. The zero-order chi connectivity index (χ0) is 42.5. The fourth-order valence-corrected chi connectivity index (χ4v) is 26.0. The molecule has 0 fully saturated rings. The minimum Gasteiger partial charge on any atom is -0.464 e. The molecule has 8 heteroatoms. The normalized spacial score (nSPS) is 13.9. The number of fused-ring (bicyclic) bond motifs is 4. The molecule has 1 aliphatic carbocycles. The average molecular weight is 874 g/mol. The number of thiophene rings is 1. The van der Waals surface area contributed by atoms with Gasteiger partial charge in [0.05, 0.1) is 38.6 Å². The van der Waals surface area contributed by atoms with Crippen LogP contribution in [0.15, 0.2) is 28.2 Å². The molecule has 0 unspecified atom stereocenters. The Morgan fingerprint density at radius 1 is 0.431 bits per heavy atom. The maximum atomic E-state index is 16.2. The number of carbonyl (C=O) groups is 2. The van der Waals surface area contributed by atoms with E-state index in [-0.39, 0.29) is 11.6 Å². The van der Waals surface area contributed by atoms with E-state index in [0.29, 0.717) is 0 Å². The number of benzene rings is 2. The monoisotopic (exact) mass is 872 g/mol. The van der Waals surface area contributed by atoms with Gasteiger partial charge >= 0.3 is 0 Å². The molecule has 1 aliphatic rings. The Labute approximate surface area is 362 Å². The highest BCUT2D eigenvalue weighted by Crippen LogP contribution is 2.47. The molecule has 5 rings (SSSR count). The third kappa shape index (κ3) is 8.50. The number of hydrogen-bond acceptors (Lipinski definition) is 4. The average Bonchev–Trinajstić information content (AvgIpc) is 3.97. The van der Waals surface area contributed by atoms with Gasteiger partial charge in [0.15, 0.2) is 11.6 Å². The Balaban J connectivity index is 1.87. The third-order valence-electron chi connectivity index (χ3n) is 17.8. The van der Waals surface area contributed by atoms with Crippen molar-refractivity contribution in [1.82, 2.24) is 0 Å². The fraction of sp³-hybridized carbons (Fsp3) is 0.640. The van der Waals surface area contributed by atoms with E-state index in [1.165, 1.54) is 106 Å². The maximum absolute atomic E-state index is 16.2. The van der Waals surface area contributed by atoms with Crippen molar-refractivity contribution in [2.24, 2.45) is 0 Å². The van der Waals surface area contributed by atoms with Crippen LogP contribution in [0.25, 0.3) is 21.1 Å². The van der Waals surface area contributed by atoms with Gasteiger partial charge in [0.25, 0.3) is 0 Å². The summed E-state index contributed by atoms with van der Waals surface area (Å²) in [5.74, 6) is 0.283. The molecule has 2 heterocycles. The summed E-state index contributed by atoms with van der Waals surface area (Å²) in [5, 5.41) is 4.60. The standard InChI is InChI=1S/C50H80O3SSi4/c1-13-55(14-2,15-3)33-27-37-39-25-31-53-49(39)41(29-35-57(19-7,20-8)21-9)45-43(37)48(52)46-42(30-36-58(22-10,23-11)24-12)50-40(26-32-54-50)38(44(46)47(45)51)28-34-56(16-4,17-5)18-6/h25-26,31-32H,13-24,27-30,33-36H2,1-12H3. The summed E-state index contributed by atoms with van der Waals surface area (Å²) in [7, 11) is -6.12. The van der Waals surface area contributed by atoms with Crippen molar-refractivity contribution in [3.8, 4) is 0 Å². The summed E-state index contributed by atoms with van der Waals surface area (Å²) < 4.78 is 7.82. The lowest BCUT2D eigenvalue weighted by atomic mass is 9.73. The van der Waals surface area contributed by atoms with Gasteiger partial charge in [-0.1, -0.05) is 180 Å². The zero-order valence-electron chi connectivity index (χ0n) is 39.1. The van der Waals surface area contributed by atoms with Crippen molar-refractivity contribution in [2.75, 3.05) is 0 Å². The first-order chi connectivity index (χ1) is 27.9. The smallest absolute Gasteiger partial charge is 0.195 e. The molecule has 0 aliphatic heterocycles. The summed E-state index contributed by atoms with van der Waals surface area (Å²) in [5.41, 5.74) is 8.46. The Morgan fingerprint density at radius 3 is 1.16 bits per heavy atom. The van der Waals surface area contributed by atoms with Gasteiger partial charge in [0, 0.05) is 37.9 Å². The molecule has 0 saturated carbocycles. The lowest BCUT2D eigenvalue weighted by Crippen LogP contribution is -2.34. The molecule has 3 nitrogen and oxygen atoms in total. The molecule has 0 bridgehead atoms. The van der Waals surface area contributed by atoms with Crippen molar-refractivity contribution in [1.29, 1.82) is 0 Å². The van der Waals surface area contributed by atoms with E-state index in [1.807, 2.05) is 17.6 Å². The van der Waals surface area contributed by atoms with E-state index in [9.17, 15) is 0 Å². The van der Waals surface area contributed by atoms with Gasteiger partial charge in [-0.05, 0) is 65.3 Å². The van der Waals surface area contributed by atoms with Gasteiger partial charge in [0.2, 0.25) is 0 Å². The molecular formula is C50H80O3SSi4. The molecule has 0 N–H and O–H groups in total. The molecule has 2 aromatic heterocycles. The van der Waals surface area contributed by atoms with E-state index >= 15 is 9.59 Å². The van der Waals surface area contributed by atoms with Crippen LogP contribution >= 0.6 is 11.3 Å². The molecule has 0 saturated heterocycles. The van der Waals surface area contributed by atoms with E-state index in [4.69, 9.17) is 4.42 Å². The van der Waals surface area contributed by atoms with Crippen molar-refractivity contribution in [3.63, 3.8) is 0 Å². The number of aryl methyl sites for hydroxylation is 4. The van der Waals surface area contributed by atoms with Crippen LogP contribution < -0.4 is 0 Å². The highest BCUT2D eigenvalue weighted by Gasteiger charge is 2.42. The first kappa shape index (κ1) is 47.2. The van der Waals surface area contributed by atoms with Crippen molar-refractivity contribution < 1.29 is 14.0 Å². The Hall–Kier alpha value is -1.85. The number of furan rings is 1. The van der Waals surface area contributed by atoms with Crippen molar-refractivity contribution in [2.45, 2.75) is 205 Å². The third-order valence-corrected chi connectivity index (χ3v) is 42.0. The van der Waals surface area contributed by atoms with Gasteiger partial charge in [-0.3, -0.25) is 9.59 Å². The van der Waals surface area contributed by atoms with Crippen molar-refractivity contribution >= 4 is 76.3 Å². The molecule has 2 aromatic carbocycles. The molecule has 4 aromatic rings. The largest absolute Gasteiger partial charge is 0.464 e. The second-order valence-corrected chi connectivity index (χ2v) is 42.0. The SMILES string of the molecule is CC[Si](CC)(CC)CCc1c2c(c(CC[Si](CC)(CC)CC)c3occc13)C(=O)c1c(c(CC[Si](CC)(CC)CC)c3sccc3c1CC[Si](CC)(CC)CC)C2=O. The Kier molecular flexibility index (Phi) is 16.2. The Morgan fingerprint density at radius 2 is 0.759 bits per heavy atom. The maximum Gasteiger partial charge on any atom is 0.195 e. The quantitative estimate of drug-likeness (QED) is 0.0580. The van der Waals surface area contributed by atoms with Crippen molar-refractivity contribution in [3.05, 3.63) is 68.3 Å². The second-order valence-electron chi connectivity index (χ2n) is 18.6. The lowest BCUT2D eigenvalue weighted by Gasteiger charge is -2.33. The van der Waals surface area contributed by atoms with Gasteiger partial charge < -0.3 is 4.42 Å². The highest BCUT2D eigenvalue weighted by atomic mass is 32.1. The summed E-state index contributed by atoms with van der Waals surface area (Å²) in [6.45, 7) is 28.7. The minimum absolute atomic E-state index is 0.131. The topological polar surface area (TPSA) is 47.3 Å². The molecule has 0 amide bonds. The lowest BCUT2D eigenvalue weighted by molar-refractivity contribution is 0.0976. The van der Waals surface area contributed by atoms with Crippen LogP contribution in [0.3, 0.4) is 0 Å². The van der Waals surface area contributed by atoms with Crippen LogP contribution in [0.1, 0.15) is 137 Å². The first-order valence-corrected chi connectivity index (χ1v) is 36.3. The van der Waals surface area contributed by atoms with Gasteiger partial charge in [0.1, 0.15) is 5.58 Å². The van der Waals surface area contributed by atoms with Gasteiger partial charge in [-0.15, -0.1) is 11.3 Å². The Bertz CT molecular complexity index is 1730. The van der Waals surface area contributed by atoms with Gasteiger partial charge in [-0.25, -0.2) is 0 Å². The zero-order valence-corrected chi connectivity index (χ0v) is 43.9. The predicted octanol–water partition coefficient (Wildman–Crippen LogP) is 16.6. The molecule has 0 atom stereocenters. The van der Waals surface area contributed by atoms with E-state index in [1.54, 1.807) is 0 Å². The first-order valence-electron chi connectivity index (χ1n) is 24.1. The molecule has 320 valence electrons. The number of ketones is 2. The minimum atomic E-state index is -1.55. The van der Waals surface area contributed by atoms with Crippen LogP contribution in [-0.4, -0.2) is 43.9 Å². The van der Waals surface area contributed by atoms with Crippen LogP contribution in [0.2, 0.25) is 96.7 Å². The van der Waals surface area contributed by atoms with Crippen LogP contribution in [0, 0.1) is 0 Å². The van der Waals surface area contributed by atoms with E-state index in [2.05, 4.69) is 101 Å². The highest BCUT2D eigenvalue weighted by molar-refractivity contribution is 7.17. The van der Waals surface area contributed by atoms with E-state index < -0.39 is 32.3 Å². The summed E-state index contributed by atoms with van der Waals surface area (Å²) in [6.07, 6.45) is 5.31. The van der Waals surface area contributed by atoms with E-state index in [0.717, 1.165) is 82.1 Å². The predicted molar refractivity (Wildman–Crippen MR) is 268 cm³/mol. The second kappa shape index (κ2) is 19.9.